The van der Waals surface area contributed by atoms with E-state index in [0.29, 0.717) is 29.4 Å². The average molecular weight is 460 g/mol. The van der Waals surface area contributed by atoms with Crippen molar-refractivity contribution in [1.82, 2.24) is 0 Å². The summed E-state index contributed by atoms with van der Waals surface area (Å²) in [6.07, 6.45) is 0. The lowest BCUT2D eigenvalue weighted by Gasteiger charge is -2.28. The van der Waals surface area contributed by atoms with Crippen molar-refractivity contribution in [1.29, 1.82) is 0 Å². The number of ether oxygens (including phenoxy) is 2. The van der Waals surface area contributed by atoms with Crippen molar-refractivity contribution in [2.75, 3.05) is 6.61 Å². The fourth-order valence-electron chi connectivity index (χ4n) is 4.25. The fraction of sp³-hybridized carbons (Fsp3) is 0.0968. The Morgan fingerprint density at radius 1 is 0.771 bits per heavy atom. The molecule has 0 aliphatic carbocycles. The van der Waals surface area contributed by atoms with E-state index in [1.54, 1.807) is 13.0 Å². The highest BCUT2D eigenvalue weighted by Crippen LogP contribution is 2.43. The first-order valence-corrected chi connectivity index (χ1v) is 11.7. The van der Waals surface area contributed by atoms with E-state index in [-0.39, 0.29) is 6.04 Å². The van der Waals surface area contributed by atoms with E-state index < -0.39 is 5.97 Å². The highest BCUT2D eigenvalue weighted by molar-refractivity contribution is 6.10. The normalized spacial score (nSPS) is 15.2. The summed E-state index contributed by atoms with van der Waals surface area (Å²) in [4.78, 5) is 17.8. The van der Waals surface area contributed by atoms with Crippen molar-refractivity contribution in [3.05, 3.63) is 143 Å². The van der Waals surface area contributed by atoms with Crippen molar-refractivity contribution in [3.63, 3.8) is 0 Å². The van der Waals surface area contributed by atoms with Crippen molar-refractivity contribution in [3.8, 4) is 0 Å². The molecule has 0 N–H and O–H groups in total. The molecule has 0 saturated heterocycles. The van der Waals surface area contributed by atoms with E-state index in [1.807, 2.05) is 84.9 Å². The molecule has 0 aromatic heterocycles. The van der Waals surface area contributed by atoms with Crippen LogP contribution in [0.4, 0.5) is 0 Å². The Labute approximate surface area is 205 Å². The monoisotopic (exact) mass is 459 g/mol. The number of hydrogen-bond acceptors (Lipinski definition) is 4. The Kier molecular flexibility index (Phi) is 6.53. The van der Waals surface area contributed by atoms with Gasteiger partial charge in [0.2, 0.25) is 5.90 Å². The number of carbonyl (C=O) groups is 1. The van der Waals surface area contributed by atoms with Gasteiger partial charge in [0.25, 0.3) is 0 Å². The van der Waals surface area contributed by atoms with E-state index in [9.17, 15) is 4.79 Å². The van der Waals surface area contributed by atoms with E-state index >= 15 is 0 Å². The topological polar surface area (TPSA) is 47.9 Å². The number of carbonyl (C=O) groups excluding carboxylic acids is 1. The van der Waals surface area contributed by atoms with E-state index in [4.69, 9.17) is 14.5 Å². The molecule has 0 radical (unpaired) electrons. The molecule has 172 valence electrons. The summed E-state index contributed by atoms with van der Waals surface area (Å²) in [5, 5.41) is 0. The standard InChI is InChI=1S/C31H25NO3/c1-2-34-31(33)26-21-13-12-20-25(26)30-32-28(23-16-8-4-9-17-23)27(22-14-6-3-7-15-22)29(35-30)24-18-10-5-11-19-24/h3-21,28H,2H2,1H3/t28-/m0/s1. The number of benzene rings is 4. The predicted molar refractivity (Wildman–Crippen MR) is 139 cm³/mol. The molecule has 5 rings (SSSR count). The molecule has 0 saturated carbocycles. The second-order valence-corrected chi connectivity index (χ2v) is 8.09. The summed E-state index contributed by atoms with van der Waals surface area (Å²) < 4.78 is 11.9. The van der Waals surface area contributed by atoms with E-state index in [2.05, 4.69) is 24.3 Å². The molecule has 1 heterocycles. The van der Waals surface area contributed by atoms with Crippen LogP contribution in [0.2, 0.25) is 0 Å². The lowest BCUT2D eigenvalue weighted by Crippen LogP contribution is -2.20. The van der Waals surface area contributed by atoms with Crippen LogP contribution in [0, 0.1) is 0 Å². The number of nitrogens with zero attached hydrogens (tertiary/aromatic N) is 1. The summed E-state index contributed by atoms with van der Waals surface area (Å²) in [6.45, 7) is 2.09. The Morgan fingerprint density at radius 2 is 1.34 bits per heavy atom. The largest absolute Gasteiger partial charge is 0.462 e. The van der Waals surface area contributed by atoms with Gasteiger partial charge in [-0.1, -0.05) is 103 Å². The van der Waals surface area contributed by atoms with Gasteiger partial charge >= 0.3 is 5.97 Å². The van der Waals surface area contributed by atoms with Crippen LogP contribution in [0.5, 0.6) is 0 Å². The molecule has 4 aromatic carbocycles. The molecule has 1 atom stereocenters. The Balaban J connectivity index is 1.74. The van der Waals surface area contributed by atoms with Crippen LogP contribution in [0.1, 0.15) is 45.6 Å². The lowest BCUT2D eigenvalue weighted by molar-refractivity contribution is 0.0526. The molecule has 4 nitrogen and oxygen atoms in total. The van der Waals surface area contributed by atoms with E-state index in [0.717, 1.165) is 22.3 Å². The summed E-state index contributed by atoms with van der Waals surface area (Å²) >= 11 is 0. The fourth-order valence-corrected chi connectivity index (χ4v) is 4.25. The summed E-state index contributed by atoms with van der Waals surface area (Å²) in [5.41, 5.74) is 5.01. The van der Waals surface area contributed by atoms with Gasteiger partial charge in [0.1, 0.15) is 11.8 Å². The lowest BCUT2D eigenvalue weighted by atomic mass is 9.89. The molecule has 35 heavy (non-hydrogen) atoms. The molecule has 0 bridgehead atoms. The van der Waals surface area contributed by atoms with Crippen LogP contribution in [-0.4, -0.2) is 18.5 Å². The van der Waals surface area contributed by atoms with Crippen LogP contribution in [-0.2, 0) is 9.47 Å². The van der Waals surface area contributed by atoms with Crippen molar-refractivity contribution in [2.45, 2.75) is 13.0 Å². The van der Waals surface area contributed by atoms with Crippen molar-refractivity contribution < 1.29 is 14.3 Å². The molecule has 0 amide bonds. The molecule has 4 aromatic rings. The van der Waals surface area contributed by atoms with Crippen LogP contribution in [0.15, 0.2) is 120 Å². The highest BCUT2D eigenvalue weighted by Gasteiger charge is 2.31. The van der Waals surface area contributed by atoms with Gasteiger partial charge < -0.3 is 9.47 Å². The number of aliphatic imine (C=N–C) groups is 1. The molecule has 1 aliphatic rings. The van der Waals surface area contributed by atoms with Gasteiger partial charge in [-0.25, -0.2) is 9.79 Å². The second-order valence-electron chi connectivity index (χ2n) is 8.09. The first-order chi connectivity index (χ1) is 17.3. The zero-order chi connectivity index (χ0) is 24.0. The maximum Gasteiger partial charge on any atom is 0.338 e. The molecule has 0 fully saturated rings. The van der Waals surface area contributed by atoms with Crippen molar-refractivity contribution in [2.24, 2.45) is 4.99 Å². The molecular weight excluding hydrogens is 434 g/mol. The van der Waals surface area contributed by atoms with Gasteiger partial charge in [0, 0.05) is 11.1 Å². The van der Waals surface area contributed by atoms with Gasteiger partial charge in [0.05, 0.1) is 17.7 Å². The van der Waals surface area contributed by atoms with Crippen LogP contribution in [0.25, 0.3) is 11.3 Å². The third-order valence-corrected chi connectivity index (χ3v) is 5.85. The number of esters is 1. The first kappa shape index (κ1) is 22.4. The average Bonchev–Trinajstić information content (AvgIpc) is 2.94. The zero-order valence-electron chi connectivity index (χ0n) is 19.4. The minimum absolute atomic E-state index is 0.292. The SMILES string of the molecule is CCOC(=O)c1ccccc1C1=N[C@@H](c2ccccc2)C(c2ccccc2)=C(c2ccccc2)O1. The maximum absolute atomic E-state index is 12.8. The molecule has 4 heteroatoms. The van der Waals surface area contributed by atoms with Crippen LogP contribution < -0.4 is 0 Å². The van der Waals surface area contributed by atoms with Crippen molar-refractivity contribution >= 4 is 23.2 Å². The molecule has 1 aliphatic heterocycles. The van der Waals surface area contributed by atoms with Gasteiger partial charge in [0.15, 0.2) is 0 Å². The minimum atomic E-state index is -0.398. The zero-order valence-corrected chi connectivity index (χ0v) is 19.4. The van der Waals surface area contributed by atoms with Gasteiger partial charge in [-0.05, 0) is 30.2 Å². The van der Waals surface area contributed by atoms with Gasteiger partial charge in [-0.3, -0.25) is 0 Å². The summed E-state index contributed by atoms with van der Waals surface area (Å²) in [6, 6.07) is 37.3. The Hall–Kier alpha value is -4.44. The molecule has 0 unspecified atom stereocenters. The quantitative estimate of drug-likeness (QED) is 0.293. The van der Waals surface area contributed by atoms with Gasteiger partial charge in [-0.15, -0.1) is 0 Å². The Bertz CT molecular complexity index is 1380. The number of hydrogen-bond donors (Lipinski definition) is 0. The Morgan fingerprint density at radius 3 is 2.00 bits per heavy atom. The van der Waals surface area contributed by atoms with Crippen LogP contribution in [0.3, 0.4) is 0 Å². The number of rotatable bonds is 6. The summed E-state index contributed by atoms with van der Waals surface area (Å²) in [7, 11) is 0. The van der Waals surface area contributed by atoms with Gasteiger partial charge in [-0.2, -0.15) is 0 Å². The molecular formula is C31H25NO3. The molecule has 0 spiro atoms. The first-order valence-electron chi connectivity index (χ1n) is 11.7. The van der Waals surface area contributed by atoms with E-state index in [1.165, 1.54) is 0 Å². The highest BCUT2D eigenvalue weighted by atomic mass is 16.5. The second kappa shape index (κ2) is 10.2. The summed E-state index contributed by atoms with van der Waals surface area (Å²) in [5.74, 6) is 0.708. The maximum atomic E-state index is 12.8. The smallest absolute Gasteiger partial charge is 0.338 e. The van der Waals surface area contributed by atoms with Crippen LogP contribution >= 0.6 is 0 Å². The minimum Gasteiger partial charge on any atom is -0.462 e. The predicted octanol–water partition coefficient (Wildman–Crippen LogP) is 6.95. The third-order valence-electron chi connectivity index (χ3n) is 5.85. The third kappa shape index (κ3) is 4.64.